The van der Waals surface area contributed by atoms with E-state index in [1.807, 2.05) is 0 Å². The number of halogens is 1. The number of methoxy groups -OCH3 is 2. The lowest BCUT2D eigenvalue weighted by molar-refractivity contribution is 0.0500. The van der Waals surface area contributed by atoms with Crippen molar-refractivity contribution in [1.29, 1.82) is 0 Å². The van der Waals surface area contributed by atoms with E-state index in [1.54, 1.807) is 31.1 Å². The van der Waals surface area contributed by atoms with Crippen LogP contribution in [-0.4, -0.2) is 44.3 Å². The maximum absolute atomic E-state index is 14.0. The molecule has 1 unspecified atom stereocenters. The number of amides is 2. The third-order valence-electron chi connectivity index (χ3n) is 4.07. The molecule has 0 radical (unpaired) electrons. The van der Waals surface area contributed by atoms with Crippen LogP contribution >= 0.6 is 0 Å². The average Bonchev–Trinajstić information content (AvgIpc) is 2.54. The highest BCUT2D eigenvalue weighted by Crippen LogP contribution is 2.27. The minimum atomic E-state index is -0.469. The van der Waals surface area contributed by atoms with Crippen molar-refractivity contribution in [2.24, 2.45) is 0 Å². The van der Waals surface area contributed by atoms with E-state index in [0.717, 1.165) is 12.8 Å². The second-order valence-corrected chi connectivity index (χ2v) is 5.45. The first-order valence-corrected chi connectivity index (χ1v) is 7.47. The van der Waals surface area contributed by atoms with Gasteiger partial charge < -0.3 is 19.7 Å². The van der Waals surface area contributed by atoms with Crippen molar-refractivity contribution in [3.8, 4) is 5.75 Å². The Labute approximate surface area is 130 Å². The summed E-state index contributed by atoms with van der Waals surface area (Å²) < 4.78 is 24.5. The molecule has 1 N–H and O–H groups in total. The summed E-state index contributed by atoms with van der Waals surface area (Å²) in [6.07, 6.45) is 1.86. The highest BCUT2D eigenvalue weighted by molar-refractivity contribution is 5.75. The molecule has 1 aliphatic rings. The summed E-state index contributed by atoms with van der Waals surface area (Å²) in [6, 6.07) is 3.98. The molecule has 0 aromatic heterocycles. The summed E-state index contributed by atoms with van der Waals surface area (Å²) in [5.41, 5.74) is 0.366. The van der Waals surface area contributed by atoms with Crippen molar-refractivity contribution < 1.29 is 18.7 Å². The lowest BCUT2D eigenvalue weighted by Gasteiger charge is -2.32. The lowest BCUT2D eigenvalue weighted by Crippen LogP contribution is -2.46. The first-order chi connectivity index (χ1) is 10.6. The van der Waals surface area contributed by atoms with E-state index < -0.39 is 6.04 Å². The van der Waals surface area contributed by atoms with E-state index in [4.69, 9.17) is 9.47 Å². The van der Waals surface area contributed by atoms with Gasteiger partial charge >= 0.3 is 6.03 Å². The monoisotopic (exact) mass is 310 g/mol. The maximum atomic E-state index is 14.0. The third kappa shape index (κ3) is 3.68. The van der Waals surface area contributed by atoms with Crippen LogP contribution in [0.25, 0.3) is 0 Å². The number of carbonyl (C=O) groups is 1. The Morgan fingerprint density at radius 1 is 1.36 bits per heavy atom. The van der Waals surface area contributed by atoms with E-state index >= 15 is 0 Å². The number of hydrogen-bond acceptors (Lipinski definition) is 3. The van der Waals surface area contributed by atoms with Crippen molar-refractivity contribution >= 4 is 6.03 Å². The molecule has 0 bridgehead atoms. The maximum Gasteiger partial charge on any atom is 0.317 e. The number of likely N-dealkylation sites (tertiary alicyclic amines) is 1. The largest absolute Gasteiger partial charge is 0.496 e. The summed E-state index contributed by atoms with van der Waals surface area (Å²) in [4.78, 5) is 14.0. The fraction of sp³-hybridized carbons (Fsp3) is 0.562. The van der Waals surface area contributed by atoms with Gasteiger partial charge in [-0.15, -0.1) is 0 Å². The van der Waals surface area contributed by atoms with Gasteiger partial charge in [0.2, 0.25) is 0 Å². The normalized spacial score (nSPS) is 17.2. The summed E-state index contributed by atoms with van der Waals surface area (Å²) in [5, 5.41) is 2.84. The van der Waals surface area contributed by atoms with Crippen LogP contribution in [0.2, 0.25) is 0 Å². The average molecular weight is 310 g/mol. The summed E-state index contributed by atoms with van der Waals surface area (Å²) >= 11 is 0. The fourth-order valence-electron chi connectivity index (χ4n) is 2.76. The SMILES string of the molecule is COc1cccc(F)c1C(C)NC(=O)N1CCC(OC)CC1. The van der Waals surface area contributed by atoms with E-state index in [2.05, 4.69) is 5.32 Å². The lowest BCUT2D eigenvalue weighted by atomic mass is 10.1. The van der Waals surface area contributed by atoms with E-state index in [9.17, 15) is 9.18 Å². The van der Waals surface area contributed by atoms with E-state index in [0.29, 0.717) is 24.4 Å². The van der Waals surface area contributed by atoms with Crippen LogP contribution in [0.3, 0.4) is 0 Å². The number of ether oxygens (including phenoxy) is 2. The van der Waals surface area contributed by atoms with Crippen molar-refractivity contribution in [1.82, 2.24) is 10.2 Å². The molecular formula is C16H23FN2O3. The van der Waals surface area contributed by atoms with E-state index in [-0.39, 0.29) is 18.0 Å². The van der Waals surface area contributed by atoms with Crippen molar-refractivity contribution in [2.45, 2.75) is 31.9 Å². The molecule has 1 saturated heterocycles. The summed E-state index contributed by atoms with van der Waals surface area (Å²) in [6.45, 7) is 3.04. The van der Waals surface area contributed by atoms with Crippen LogP contribution in [0, 0.1) is 5.82 Å². The highest BCUT2D eigenvalue weighted by atomic mass is 19.1. The summed E-state index contributed by atoms with van der Waals surface area (Å²) in [7, 11) is 3.18. The van der Waals surface area contributed by atoms with Gasteiger partial charge in [-0.1, -0.05) is 6.07 Å². The zero-order valence-electron chi connectivity index (χ0n) is 13.3. The van der Waals surface area contributed by atoms with Gasteiger partial charge in [-0.25, -0.2) is 9.18 Å². The molecule has 5 nitrogen and oxygen atoms in total. The molecule has 1 aliphatic heterocycles. The van der Waals surface area contributed by atoms with Crippen LogP contribution < -0.4 is 10.1 Å². The molecular weight excluding hydrogens is 287 g/mol. The summed E-state index contributed by atoms with van der Waals surface area (Å²) in [5.74, 6) is 0.0520. The van der Waals surface area contributed by atoms with Gasteiger partial charge in [-0.2, -0.15) is 0 Å². The van der Waals surface area contributed by atoms with Crippen LogP contribution in [0.5, 0.6) is 5.75 Å². The van der Waals surface area contributed by atoms with Crippen LogP contribution in [0.15, 0.2) is 18.2 Å². The Kier molecular flexibility index (Phi) is 5.60. The van der Waals surface area contributed by atoms with Crippen LogP contribution in [-0.2, 0) is 4.74 Å². The Hall–Kier alpha value is -1.82. The van der Waals surface area contributed by atoms with Gasteiger partial charge in [-0.05, 0) is 31.9 Å². The highest BCUT2D eigenvalue weighted by Gasteiger charge is 2.25. The van der Waals surface area contributed by atoms with Gasteiger partial charge in [-0.3, -0.25) is 0 Å². The number of carbonyl (C=O) groups excluding carboxylic acids is 1. The zero-order valence-corrected chi connectivity index (χ0v) is 13.3. The molecule has 0 aliphatic carbocycles. The Morgan fingerprint density at radius 2 is 2.05 bits per heavy atom. The predicted molar refractivity (Wildman–Crippen MR) is 81.5 cm³/mol. The first kappa shape index (κ1) is 16.5. The minimum absolute atomic E-state index is 0.188. The molecule has 0 saturated carbocycles. The quantitative estimate of drug-likeness (QED) is 0.930. The smallest absolute Gasteiger partial charge is 0.317 e. The molecule has 1 atom stereocenters. The molecule has 1 heterocycles. The number of piperidine rings is 1. The molecule has 1 fully saturated rings. The zero-order chi connectivity index (χ0) is 16.1. The number of rotatable bonds is 4. The first-order valence-electron chi connectivity index (χ1n) is 7.47. The van der Waals surface area contributed by atoms with Gasteiger partial charge in [0.15, 0.2) is 0 Å². The molecule has 6 heteroatoms. The number of nitrogens with zero attached hydrogens (tertiary/aromatic N) is 1. The number of benzene rings is 1. The van der Waals surface area contributed by atoms with Crippen molar-refractivity contribution in [3.63, 3.8) is 0 Å². The number of urea groups is 1. The molecule has 2 amide bonds. The fourth-order valence-corrected chi connectivity index (χ4v) is 2.76. The van der Waals surface area contributed by atoms with Crippen LogP contribution in [0.4, 0.5) is 9.18 Å². The second kappa shape index (κ2) is 7.45. The minimum Gasteiger partial charge on any atom is -0.496 e. The molecule has 0 spiro atoms. The standard InChI is InChI=1S/C16H23FN2O3/c1-11(15-13(17)5-4-6-14(15)22-3)18-16(20)19-9-7-12(21-2)8-10-19/h4-6,11-12H,7-10H2,1-3H3,(H,18,20). The molecule has 122 valence electrons. The Bertz CT molecular complexity index is 516. The van der Waals surface area contributed by atoms with E-state index in [1.165, 1.54) is 13.2 Å². The number of nitrogens with one attached hydrogen (secondary N) is 1. The topological polar surface area (TPSA) is 50.8 Å². The second-order valence-electron chi connectivity index (χ2n) is 5.45. The van der Waals surface area contributed by atoms with Gasteiger partial charge in [0, 0.05) is 20.2 Å². The van der Waals surface area contributed by atoms with Crippen molar-refractivity contribution in [3.05, 3.63) is 29.6 Å². The molecule has 22 heavy (non-hydrogen) atoms. The Morgan fingerprint density at radius 3 is 2.64 bits per heavy atom. The Balaban J connectivity index is 2.00. The van der Waals surface area contributed by atoms with Gasteiger partial charge in [0.05, 0.1) is 24.8 Å². The predicted octanol–water partition coefficient (Wildman–Crippen LogP) is 2.72. The molecule has 2 rings (SSSR count). The third-order valence-corrected chi connectivity index (χ3v) is 4.07. The van der Waals surface area contributed by atoms with Gasteiger partial charge in [0.1, 0.15) is 11.6 Å². The molecule has 1 aromatic carbocycles. The van der Waals surface area contributed by atoms with Gasteiger partial charge in [0.25, 0.3) is 0 Å². The van der Waals surface area contributed by atoms with Crippen LogP contribution in [0.1, 0.15) is 31.4 Å². The van der Waals surface area contributed by atoms with Crippen molar-refractivity contribution in [2.75, 3.05) is 27.3 Å². The number of hydrogen-bond donors (Lipinski definition) is 1. The molecule has 1 aromatic rings.